The van der Waals surface area contributed by atoms with Gasteiger partial charge in [0.1, 0.15) is 13.2 Å². The molecule has 0 saturated carbocycles. The van der Waals surface area contributed by atoms with Gasteiger partial charge < -0.3 is 47.9 Å². The Labute approximate surface area is 216 Å². The van der Waals surface area contributed by atoms with Gasteiger partial charge in [-0.1, -0.05) is 0 Å². The molecule has 2 amide bonds. The standard InChI is InChI=1S/C22H47N3O10Si/c1-28-16-18-32-12-7-23-21(26)34-14-10-25(9-6-20-36(5,30-3)31-4)11-15-35-22(27)24-8-13-33-19-17-29-2/h6-20H2,1-5H3,(H,23,26)(H,24,27). The molecule has 0 aromatic carbocycles. The first kappa shape index (κ1) is 34.5. The van der Waals surface area contributed by atoms with Gasteiger partial charge in [-0.3, -0.25) is 4.90 Å². The highest BCUT2D eigenvalue weighted by Crippen LogP contribution is 2.14. The van der Waals surface area contributed by atoms with Crippen LogP contribution in [-0.4, -0.2) is 140 Å². The van der Waals surface area contributed by atoms with E-state index >= 15 is 0 Å². The Morgan fingerprint density at radius 2 is 1.14 bits per heavy atom. The maximum Gasteiger partial charge on any atom is 0.407 e. The number of hydrogen-bond acceptors (Lipinski definition) is 11. The van der Waals surface area contributed by atoms with Gasteiger partial charge in [0.05, 0.1) is 39.6 Å². The minimum absolute atomic E-state index is 0.199. The summed E-state index contributed by atoms with van der Waals surface area (Å²) in [6.45, 7) is 7.53. The third-order valence-corrected chi connectivity index (χ3v) is 8.13. The van der Waals surface area contributed by atoms with Crippen LogP contribution in [0, 0.1) is 0 Å². The Kier molecular flexibility index (Phi) is 22.8. The van der Waals surface area contributed by atoms with Crippen molar-refractivity contribution < 1.29 is 46.9 Å². The fourth-order valence-corrected chi connectivity index (χ4v) is 4.20. The van der Waals surface area contributed by atoms with Crippen molar-refractivity contribution in [2.24, 2.45) is 0 Å². The van der Waals surface area contributed by atoms with E-state index < -0.39 is 20.7 Å². The minimum Gasteiger partial charge on any atom is -0.448 e. The number of carbonyl (C=O) groups is 2. The van der Waals surface area contributed by atoms with Gasteiger partial charge in [0.2, 0.25) is 0 Å². The highest BCUT2D eigenvalue weighted by Gasteiger charge is 2.28. The molecule has 0 spiro atoms. The van der Waals surface area contributed by atoms with Crippen LogP contribution in [0.15, 0.2) is 0 Å². The lowest BCUT2D eigenvalue weighted by atomic mass is 10.4. The summed E-state index contributed by atoms with van der Waals surface area (Å²) in [6, 6.07) is 0.811. The Morgan fingerprint density at radius 3 is 1.56 bits per heavy atom. The van der Waals surface area contributed by atoms with E-state index in [1.165, 1.54) is 0 Å². The van der Waals surface area contributed by atoms with Crippen LogP contribution in [0.4, 0.5) is 9.59 Å². The maximum absolute atomic E-state index is 11.9. The Bertz CT molecular complexity index is 510. The van der Waals surface area contributed by atoms with Crippen molar-refractivity contribution in [2.75, 3.05) is 114 Å². The van der Waals surface area contributed by atoms with E-state index in [0.717, 1.165) is 12.5 Å². The summed E-state index contributed by atoms with van der Waals surface area (Å²) in [4.78, 5) is 25.8. The second kappa shape index (κ2) is 23.9. The number of carbonyl (C=O) groups excluding carboxylic acids is 2. The summed E-state index contributed by atoms with van der Waals surface area (Å²) < 4.78 is 41.9. The molecule has 36 heavy (non-hydrogen) atoms. The highest BCUT2D eigenvalue weighted by molar-refractivity contribution is 6.65. The number of amides is 2. The third-order valence-electron chi connectivity index (χ3n) is 5.15. The number of nitrogens with one attached hydrogen (secondary N) is 2. The Morgan fingerprint density at radius 1 is 0.667 bits per heavy atom. The molecular weight excluding hydrogens is 494 g/mol. The van der Waals surface area contributed by atoms with Crippen molar-refractivity contribution in [2.45, 2.75) is 19.0 Å². The van der Waals surface area contributed by atoms with Crippen LogP contribution < -0.4 is 10.6 Å². The van der Waals surface area contributed by atoms with Crippen LogP contribution >= 0.6 is 0 Å². The zero-order valence-electron chi connectivity index (χ0n) is 22.6. The number of hydrogen-bond donors (Lipinski definition) is 2. The second-order valence-corrected chi connectivity index (χ2v) is 11.4. The predicted octanol–water partition coefficient (Wildman–Crippen LogP) is 0.822. The summed E-state index contributed by atoms with van der Waals surface area (Å²) >= 11 is 0. The van der Waals surface area contributed by atoms with Gasteiger partial charge in [0, 0.05) is 54.6 Å². The topological polar surface area (TPSA) is 135 Å². The molecule has 0 unspecified atom stereocenters. The van der Waals surface area contributed by atoms with Crippen molar-refractivity contribution in [1.82, 2.24) is 15.5 Å². The van der Waals surface area contributed by atoms with Crippen LogP contribution in [-0.2, 0) is 37.3 Å². The van der Waals surface area contributed by atoms with Crippen molar-refractivity contribution in [3.8, 4) is 0 Å². The minimum atomic E-state index is -2.17. The lowest BCUT2D eigenvalue weighted by Crippen LogP contribution is -2.39. The summed E-state index contributed by atoms with van der Waals surface area (Å²) in [5.41, 5.74) is 0. The first-order valence-electron chi connectivity index (χ1n) is 12.2. The molecule has 214 valence electrons. The number of ether oxygens (including phenoxy) is 6. The van der Waals surface area contributed by atoms with E-state index in [9.17, 15) is 9.59 Å². The van der Waals surface area contributed by atoms with Crippen LogP contribution in [0.3, 0.4) is 0 Å². The molecule has 0 saturated heterocycles. The van der Waals surface area contributed by atoms with Gasteiger partial charge in [0.15, 0.2) is 0 Å². The second-order valence-electron chi connectivity index (χ2n) is 7.82. The predicted molar refractivity (Wildman–Crippen MR) is 136 cm³/mol. The third kappa shape index (κ3) is 20.6. The van der Waals surface area contributed by atoms with E-state index in [1.807, 2.05) is 6.55 Å². The van der Waals surface area contributed by atoms with E-state index in [2.05, 4.69) is 15.5 Å². The quantitative estimate of drug-likeness (QED) is 0.133. The average Bonchev–Trinajstić information content (AvgIpc) is 2.87. The van der Waals surface area contributed by atoms with E-state index in [1.54, 1.807) is 28.4 Å². The number of alkyl carbamates (subject to hydrolysis) is 2. The number of methoxy groups -OCH3 is 2. The molecule has 0 aliphatic carbocycles. The molecule has 13 nitrogen and oxygen atoms in total. The first-order valence-corrected chi connectivity index (χ1v) is 14.7. The molecule has 0 aromatic rings. The number of nitrogens with zero attached hydrogens (tertiary/aromatic N) is 1. The SMILES string of the molecule is COCCOCCNC(=O)OCCN(CCC[Si](C)(OC)OC)CCOC(=O)NCCOCCOC. The average molecular weight is 542 g/mol. The van der Waals surface area contributed by atoms with Crippen molar-refractivity contribution in [3.05, 3.63) is 0 Å². The molecule has 0 radical (unpaired) electrons. The van der Waals surface area contributed by atoms with Crippen molar-refractivity contribution >= 4 is 20.7 Å². The van der Waals surface area contributed by atoms with E-state index in [-0.39, 0.29) is 13.2 Å². The zero-order valence-corrected chi connectivity index (χ0v) is 23.6. The van der Waals surface area contributed by atoms with Gasteiger partial charge in [-0.05, 0) is 25.6 Å². The highest BCUT2D eigenvalue weighted by atomic mass is 28.4. The van der Waals surface area contributed by atoms with E-state index in [0.29, 0.717) is 72.4 Å². The molecule has 0 rings (SSSR count). The normalized spacial score (nSPS) is 11.5. The largest absolute Gasteiger partial charge is 0.448 e. The summed E-state index contributed by atoms with van der Waals surface area (Å²) in [5.74, 6) is 0. The Hall–Kier alpha value is -1.52. The molecule has 2 N–H and O–H groups in total. The Balaban J connectivity index is 4.30. The smallest absolute Gasteiger partial charge is 0.407 e. The lowest BCUT2D eigenvalue weighted by molar-refractivity contribution is 0.0687. The monoisotopic (exact) mass is 541 g/mol. The fraction of sp³-hybridized carbons (Fsp3) is 0.909. The first-order chi connectivity index (χ1) is 17.4. The van der Waals surface area contributed by atoms with Crippen molar-refractivity contribution in [3.63, 3.8) is 0 Å². The molecule has 0 atom stereocenters. The lowest BCUT2D eigenvalue weighted by Gasteiger charge is -2.26. The van der Waals surface area contributed by atoms with Gasteiger partial charge in [-0.15, -0.1) is 0 Å². The van der Waals surface area contributed by atoms with E-state index in [4.69, 9.17) is 37.3 Å². The fourth-order valence-electron chi connectivity index (χ4n) is 2.82. The molecule has 0 fully saturated rings. The zero-order chi connectivity index (χ0) is 26.9. The molecule has 0 heterocycles. The van der Waals surface area contributed by atoms with Gasteiger partial charge in [-0.2, -0.15) is 0 Å². The van der Waals surface area contributed by atoms with Gasteiger partial charge in [0.25, 0.3) is 0 Å². The molecule has 0 aliphatic rings. The van der Waals surface area contributed by atoms with Crippen LogP contribution in [0.1, 0.15) is 6.42 Å². The maximum atomic E-state index is 11.9. The molecule has 0 aliphatic heterocycles. The summed E-state index contributed by atoms with van der Waals surface area (Å²) in [7, 11) is 4.35. The summed E-state index contributed by atoms with van der Waals surface area (Å²) in [5, 5.41) is 5.27. The van der Waals surface area contributed by atoms with Crippen LogP contribution in [0.2, 0.25) is 12.6 Å². The molecule has 14 heteroatoms. The van der Waals surface area contributed by atoms with Crippen molar-refractivity contribution in [1.29, 1.82) is 0 Å². The van der Waals surface area contributed by atoms with Gasteiger partial charge in [-0.25, -0.2) is 9.59 Å². The summed E-state index contributed by atoms with van der Waals surface area (Å²) in [6.07, 6.45) is -0.180. The van der Waals surface area contributed by atoms with Gasteiger partial charge >= 0.3 is 20.7 Å². The van der Waals surface area contributed by atoms with Crippen LogP contribution in [0.5, 0.6) is 0 Å². The van der Waals surface area contributed by atoms with Crippen LogP contribution in [0.25, 0.3) is 0 Å². The molecule has 0 aromatic heterocycles. The molecular formula is C22H47N3O10Si. The number of rotatable bonds is 24. The molecule has 0 bridgehead atoms.